The van der Waals surface area contributed by atoms with E-state index in [0.29, 0.717) is 33.8 Å². The number of para-hydroxylation sites is 1. The second-order valence-corrected chi connectivity index (χ2v) is 8.03. The van der Waals surface area contributed by atoms with Crippen LogP contribution in [0.3, 0.4) is 0 Å². The Morgan fingerprint density at radius 1 is 0.778 bits per heavy atom. The summed E-state index contributed by atoms with van der Waals surface area (Å²) < 4.78 is 22.2. The van der Waals surface area contributed by atoms with Gasteiger partial charge in [-0.2, -0.15) is 0 Å². The van der Waals surface area contributed by atoms with Crippen LogP contribution in [0.2, 0.25) is 0 Å². The molecule has 0 spiro atoms. The summed E-state index contributed by atoms with van der Waals surface area (Å²) in [6.45, 7) is 0. The van der Waals surface area contributed by atoms with Crippen LogP contribution in [0.5, 0.6) is 17.2 Å². The minimum absolute atomic E-state index is 0.0498. The van der Waals surface area contributed by atoms with Crippen LogP contribution >= 0.6 is 0 Å². The van der Waals surface area contributed by atoms with Gasteiger partial charge in [0.25, 0.3) is 5.91 Å². The van der Waals surface area contributed by atoms with Gasteiger partial charge in [0.15, 0.2) is 11.5 Å². The predicted octanol–water partition coefficient (Wildman–Crippen LogP) is 5.89. The average molecular weight is 482 g/mol. The van der Waals surface area contributed by atoms with Crippen molar-refractivity contribution in [2.24, 2.45) is 0 Å². The van der Waals surface area contributed by atoms with E-state index >= 15 is 0 Å². The number of anilines is 1. The molecule has 5 aromatic rings. The van der Waals surface area contributed by atoms with Crippen LogP contribution in [0.15, 0.2) is 88.1 Å². The first kappa shape index (κ1) is 23.0. The number of methoxy groups -OCH3 is 3. The molecule has 5 rings (SSSR count). The standard InChI is InChI=1S/C29H23NO6/c1-33-23-15-18(16-24(34-2)27(23)35-3)28(32)30-29-25(26(31)21-12-6-7-14-22(21)36-29)20-13-8-10-17-9-4-5-11-19(17)20/h4-16H,1-3H3,(H,30,32). The number of rotatable bonds is 6. The second-order valence-electron chi connectivity index (χ2n) is 8.03. The Morgan fingerprint density at radius 3 is 2.11 bits per heavy atom. The summed E-state index contributed by atoms with van der Waals surface area (Å²) in [4.78, 5) is 27.1. The molecule has 1 N–H and O–H groups in total. The van der Waals surface area contributed by atoms with E-state index < -0.39 is 5.91 Å². The summed E-state index contributed by atoms with van der Waals surface area (Å²) >= 11 is 0. The Labute approximate surface area is 206 Å². The molecule has 180 valence electrons. The van der Waals surface area contributed by atoms with Crippen LogP contribution in [-0.2, 0) is 0 Å². The van der Waals surface area contributed by atoms with Crippen LogP contribution in [0, 0.1) is 0 Å². The number of amides is 1. The monoisotopic (exact) mass is 481 g/mol. The van der Waals surface area contributed by atoms with Crippen molar-refractivity contribution in [3.05, 3.63) is 94.6 Å². The summed E-state index contributed by atoms with van der Waals surface area (Å²) in [6, 6.07) is 23.4. The second kappa shape index (κ2) is 9.46. The number of benzene rings is 4. The summed E-state index contributed by atoms with van der Waals surface area (Å²) in [5.41, 5.74) is 1.29. The normalized spacial score (nSPS) is 10.9. The first-order valence-corrected chi connectivity index (χ1v) is 11.2. The van der Waals surface area contributed by atoms with Crippen LogP contribution in [0.1, 0.15) is 10.4 Å². The van der Waals surface area contributed by atoms with Crippen LogP contribution < -0.4 is 25.0 Å². The molecule has 4 aromatic carbocycles. The minimum atomic E-state index is -0.505. The van der Waals surface area contributed by atoms with E-state index in [9.17, 15) is 9.59 Å². The number of carbonyl (C=O) groups is 1. The molecule has 0 saturated carbocycles. The maximum absolute atomic E-state index is 13.7. The molecule has 0 saturated heterocycles. The van der Waals surface area contributed by atoms with Gasteiger partial charge in [-0.1, -0.05) is 54.6 Å². The predicted molar refractivity (Wildman–Crippen MR) is 139 cm³/mol. The average Bonchev–Trinajstić information content (AvgIpc) is 2.92. The maximum atomic E-state index is 13.7. The molecule has 7 heteroatoms. The van der Waals surface area contributed by atoms with E-state index in [4.69, 9.17) is 18.6 Å². The van der Waals surface area contributed by atoms with Crippen molar-refractivity contribution in [1.82, 2.24) is 0 Å². The van der Waals surface area contributed by atoms with Gasteiger partial charge in [0.2, 0.25) is 17.1 Å². The quantitative estimate of drug-likeness (QED) is 0.325. The molecule has 0 radical (unpaired) electrons. The van der Waals surface area contributed by atoms with Crippen LogP contribution in [-0.4, -0.2) is 27.2 Å². The fraction of sp³-hybridized carbons (Fsp3) is 0.103. The van der Waals surface area contributed by atoms with Crippen molar-refractivity contribution in [1.29, 1.82) is 0 Å². The van der Waals surface area contributed by atoms with Gasteiger partial charge in [-0.05, 0) is 40.6 Å². The fourth-order valence-corrected chi connectivity index (χ4v) is 4.31. The topological polar surface area (TPSA) is 87.0 Å². The van der Waals surface area contributed by atoms with Gasteiger partial charge >= 0.3 is 0 Å². The van der Waals surface area contributed by atoms with Crippen molar-refractivity contribution >= 4 is 33.5 Å². The number of hydrogen-bond acceptors (Lipinski definition) is 6. The Hall–Kier alpha value is -4.78. The Balaban J connectivity index is 1.70. The Morgan fingerprint density at radius 2 is 1.42 bits per heavy atom. The smallest absolute Gasteiger partial charge is 0.258 e. The highest BCUT2D eigenvalue weighted by molar-refractivity contribution is 6.08. The minimum Gasteiger partial charge on any atom is -0.493 e. The lowest BCUT2D eigenvalue weighted by atomic mass is 9.97. The van der Waals surface area contributed by atoms with Gasteiger partial charge < -0.3 is 18.6 Å². The summed E-state index contributed by atoms with van der Waals surface area (Å²) in [6.07, 6.45) is 0. The molecule has 36 heavy (non-hydrogen) atoms. The number of nitrogens with one attached hydrogen (secondary N) is 1. The molecule has 0 bridgehead atoms. The van der Waals surface area contributed by atoms with Gasteiger partial charge in [0, 0.05) is 5.56 Å². The van der Waals surface area contributed by atoms with E-state index in [0.717, 1.165) is 10.8 Å². The first-order valence-electron chi connectivity index (χ1n) is 11.2. The SMILES string of the molecule is COc1cc(C(=O)Nc2oc3ccccc3c(=O)c2-c2cccc3ccccc23)cc(OC)c1OC. The van der Waals surface area contributed by atoms with Gasteiger partial charge in [0.05, 0.1) is 32.3 Å². The summed E-state index contributed by atoms with van der Waals surface area (Å²) in [7, 11) is 4.43. The van der Waals surface area contributed by atoms with E-state index in [1.807, 2.05) is 42.5 Å². The molecule has 7 nitrogen and oxygen atoms in total. The first-order chi connectivity index (χ1) is 17.5. The van der Waals surface area contributed by atoms with E-state index in [-0.39, 0.29) is 22.4 Å². The number of hydrogen-bond donors (Lipinski definition) is 1. The molecule has 0 aliphatic rings. The van der Waals surface area contributed by atoms with Gasteiger partial charge in [0.1, 0.15) is 5.58 Å². The molecular weight excluding hydrogens is 458 g/mol. The number of fused-ring (bicyclic) bond motifs is 2. The van der Waals surface area contributed by atoms with Gasteiger partial charge in [-0.25, -0.2) is 0 Å². The molecule has 0 unspecified atom stereocenters. The molecule has 0 atom stereocenters. The molecule has 1 aromatic heterocycles. The third kappa shape index (κ3) is 3.90. The number of ether oxygens (including phenoxy) is 3. The van der Waals surface area contributed by atoms with E-state index in [1.54, 1.807) is 24.3 Å². The Kier molecular flexibility index (Phi) is 6.04. The Bertz CT molecular complexity index is 1640. The molecule has 1 heterocycles. The molecule has 0 aliphatic carbocycles. The molecule has 0 aliphatic heterocycles. The van der Waals surface area contributed by atoms with Crippen LogP contribution in [0.4, 0.5) is 5.88 Å². The third-order valence-corrected chi connectivity index (χ3v) is 6.01. The summed E-state index contributed by atoms with van der Waals surface area (Å²) in [5.74, 6) is 0.570. The lowest BCUT2D eigenvalue weighted by Crippen LogP contribution is -2.17. The van der Waals surface area contributed by atoms with Crippen molar-refractivity contribution in [3.8, 4) is 28.4 Å². The fourth-order valence-electron chi connectivity index (χ4n) is 4.31. The molecule has 0 fully saturated rings. The zero-order valence-electron chi connectivity index (χ0n) is 20.0. The van der Waals surface area contributed by atoms with Crippen molar-refractivity contribution in [2.45, 2.75) is 0 Å². The van der Waals surface area contributed by atoms with Crippen molar-refractivity contribution < 1.29 is 23.4 Å². The summed E-state index contributed by atoms with van der Waals surface area (Å²) in [5, 5.41) is 5.06. The molecule has 1 amide bonds. The van der Waals surface area contributed by atoms with Crippen LogP contribution in [0.25, 0.3) is 32.9 Å². The lowest BCUT2D eigenvalue weighted by molar-refractivity contribution is 0.102. The largest absolute Gasteiger partial charge is 0.493 e. The van der Waals surface area contributed by atoms with Crippen molar-refractivity contribution in [2.75, 3.05) is 26.6 Å². The van der Waals surface area contributed by atoms with E-state index in [1.165, 1.54) is 33.5 Å². The van der Waals surface area contributed by atoms with Gasteiger partial charge in [-0.15, -0.1) is 0 Å². The highest BCUT2D eigenvalue weighted by atomic mass is 16.5. The lowest BCUT2D eigenvalue weighted by Gasteiger charge is -2.15. The van der Waals surface area contributed by atoms with Gasteiger partial charge in [-0.3, -0.25) is 14.9 Å². The molecular formula is C29H23NO6. The maximum Gasteiger partial charge on any atom is 0.258 e. The zero-order valence-corrected chi connectivity index (χ0v) is 20.0. The highest BCUT2D eigenvalue weighted by Crippen LogP contribution is 2.39. The van der Waals surface area contributed by atoms with E-state index in [2.05, 4.69) is 5.32 Å². The van der Waals surface area contributed by atoms with Crippen molar-refractivity contribution in [3.63, 3.8) is 0 Å². The number of carbonyl (C=O) groups excluding carboxylic acids is 1. The third-order valence-electron chi connectivity index (χ3n) is 6.01. The zero-order chi connectivity index (χ0) is 25.2. The highest BCUT2D eigenvalue weighted by Gasteiger charge is 2.22.